The fraction of sp³-hybridized carbons (Fsp3) is 0.308. The molecule has 3 rings (SSSR count). The predicted molar refractivity (Wildman–Crippen MR) is 86.2 cm³/mol. The first-order valence-corrected chi connectivity index (χ1v) is 8.60. The number of nitrogens with one attached hydrogen (secondary N) is 1. The topological polar surface area (TPSA) is 143 Å². The number of carboxylic acids is 1. The number of carboxylic acid groups (broad SMARTS) is 1. The lowest BCUT2D eigenvalue weighted by Gasteiger charge is -2.48. The number of β-lactam (4-membered cyclic amide) rings is 1. The molecule has 2 aliphatic rings. The smallest absolute Gasteiger partial charge is 0.334 e. The van der Waals surface area contributed by atoms with Gasteiger partial charge in [-0.3, -0.25) is 14.4 Å². The summed E-state index contributed by atoms with van der Waals surface area (Å²) in [6.45, 7) is 1.70. The monoisotopic (exact) mass is 368 g/mol. The number of carbonyl (C=O) groups is 4. The first-order chi connectivity index (χ1) is 11.3. The van der Waals surface area contributed by atoms with Crippen LogP contribution in [0.1, 0.15) is 17.4 Å². The Bertz CT molecular complexity index is 789. The molecule has 1 saturated heterocycles. The summed E-state index contributed by atoms with van der Waals surface area (Å²) in [5, 5.41) is 12.2. The van der Waals surface area contributed by atoms with Gasteiger partial charge < -0.3 is 21.1 Å². The lowest BCUT2D eigenvalue weighted by Crippen LogP contribution is -2.69. The lowest BCUT2D eigenvalue weighted by molar-refractivity contribution is -0.144. The number of nitrogens with zero attached hydrogens (tertiary/aromatic N) is 2. The van der Waals surface area contributed by atoms with Gasteiger partial charge in [-0.25, -0.2) is 9.78 Å². The Balaban J connectivity index is 1.70. The molecule has 0 aliphatic carbocycles. The number of hydrogen-bond acceptors (Lipinski definition) is 8. The third kappa shape index (κ3) is 2.65. The van der Waals surface area contributed by atoms with E-state index in [1.807, 2.05) is 0 Å². The van der Waals surface area contributed by atoms with E-state index in [0.717, 1.165) is 11.3 Å². The van der Waals surface area contributed by atoms with E-state index < -0.39 is 35.0 Å². The Kier molecular flexibility index (Phi) is 4.05. The fourth-order valence-corrected chi connectivity index (χ4v) is 4.29. The minimum Gasteiger partial charge on any atom is -0.478 e. The standard InChI is InChI=1S/C13H12N4O5S2/c1-4-5(12(21)22)2-17-10(20)7(11(17)24-4)16-9(19)8(18)6-3-23-13(14)15-6/h2-4,7,11H,1H3,(H2,14,15)(H,16,19)(H,21,22)/t4?,7?,11-/m1/s1. The van der Waals surface area contributed by atoms with E-state index >= 15 is 0 Å². The first kappa shape index (κ1) is 16.5. The van der Waals surface area contributed by atoms with Crippen molar-refractivity contribution >= 4 is 51.8 Å². The molecule has 2 unspecified atom stereocenters. The zero-order valence-electron chi connectivity index (χ0n) is 12.3. The quantitative estimate of drug-likeness (QED) is 0.372. The molecule has 0 bridgehead atoms. The van der Waals surface area contributed by atoms with Gasteiger partial charge in [0.05, 0.1) is 5.57 Å². The van der Waals surface area contributed by atoms with Crippen molar-refractivity contribution in [1.29, 1.82) is 0 Å². The van der Waals surface area contributed by atoms with Gasteiger partial charge in [0.15, 0.2) is 5.13 Å². The number of carbonyl (C=O) groups excluding carboxylic acids is 3. The normalized spacial score (nSPS) is 25.4. The van der Waals surface area contributed by atoms with Gasteiger partial charge in [-0.05, 0) is 6.92 Å². The zero-order valence-corrected chi connectivity index (χ0v) is 13.9. The number of thiazole rings is 1. The van der Waals surface area contributed by atoms with Crippen LogP contribution in [-0.4, -0.2) is 55.2 Å². The molecule has 0 radical (unpaired) electrons. The molecule has 24 heavy (non-hydrogen) atoms. The number of amides is 2. The average Bonchev–Trinajstić information content (AvgIpc) is 2.97. The number of fused-ring (bicyclic) bond motifs is 1. The molecular weight excluding hydrogens is 356 g/mol. The first-order valence-electron chi connectivity index (χ1n) is 6.78. The van der Waals surface area contributed by atoms with Crippen LogP contribution in [-0.2, 0) is 14.4 Å². The molecule has 2 amide bonds. The van der Waals surface area contributed by atoms with Crippen LogP contribution >= 0.6 is 23.1 Å². The second-order valence-electron chi connectivity index (χ2n) is 5.16. The van der Waals surface area contributed by atoms with Gasteiger partial charge in [0.2, 0.25) is 0 Å². The van der Waals surface area contributed by atoms with Crippen molar-refractivity contribution in [3.8, 4) is 0 Å². The highest BCUT2D eigenvalue weighted by Crippen LogP contribution is 2.40. The average molecular weight is 368 g/mol. The van der Waals surface area contributed by atoms with Crippen LogP contribution in [0, 0.1) is 0 Å². The fourth-order valence-electron chi connectivity index (χ4n) is 2.38. The van der Waals surface area contributed by atoms with Crippen LogP contribution in [0.25, 0.3) is 0 Å². The van der Waals surface area contributed by atoms with Gasteiger partial charge in [0, 0.05) is 16.8 Å². The second kappa shape index (κ2) is 5.91. The highest BCUT2D eigenvalue weighted by Gasteiger charge is 2.52. The van der Waals surface area contributed by atoms with E-state index in [-0.39, 0.29) is 21.6 Å². The van der Waals surface area contributed by atoms with Crippen LogP contribution in [0.4, 0.5) is 5.13 Å². The van der Waals surface area contributed by atoms with E-state index in [2.05, 4.69) is 10.3 Å². The van der Waals surface area contributed by atoms with E-state index in [9.17, 15) is 19.2 Å². The Morgan fingerprint density at radius 2 is 2.12 bits per heavy atom. The molecule has 0 aromatic carbocycles. The van der Waals surface area contributed by atoms with Crippen molar-refractivity contribution in [3.63, 3.8) is 0 Å². The van der Waals surface area contributed by atoms with Gasteiger partial charge >= 0.3 is 5.97 Å². The van der Waals surface area contributed by atoms with Crippen LogP contribution < -0.4 is 11.1 Å². The van der Waals surface area contributed by atoms with E-state index in [4.69, 9.17) is 10.8 Å². The maximum absolute atomic E-state index is 12.1. The molecule has 4 N–H and O–H groups in total. The summed E-state index contributed by atoms with van der Waals surface area (Å²) in [6, 6.07) is -0.878. The largest absolute Gasteiger partial charge is 0.478 e. The van der Waals surface area contributed by atoms with Crippen LogP contribution in [0.15, 0.2) is 17.2 Å². The summed E-state index contributed by atoms with van der Waals surface area (Å²) in [6.07, 6.45) is 1.28. The number of Topliss-reactive ketones (excluding diaryl/α,β-unsaturated/α-hetero) is 1. The van der Waals surface area contributed by atoms with Gasteiger partial charge in [-0.15, -0.1) is 23.1 Å². The van der Waals surface area contributed by atoms with E-state index in [0.29, 0.717) is 0 Å². The molecule has 1 aromatic heterocycles. The molecule has 0 saturated carbocycles. The Morgan fingerprint density at radius 3 is 2.71 bits per heavy atom. The molecule has 126 valence electrons. The molecule has 1 fully saturated rings. The summed E-state index contributed by atoms with van der Waals surface area (Å²) < 4.78 is 0. The zero-order chi connectivity index (χ0) is 17.6. The Morgan fingerprint density at radius 1 is 1.42 bits per heavy atom. The van der Waals surface area contributed by atoms with E-state index in [1.54, 1.807) is 6.92 Å². The van der Waals surface area contributed by atoms with Crippen molar-refractivity contribution in [1.82, 2.24) is 15.2 Å². The number of aliphatic carboxylic acids is 1. The van der Waals surface area contributed by atoms with Crippen molar-refractivity contribution in [3.05, 3.63) is 22.8 Å². The molecular formula is C13H12N4O5S2. The Labute approximate surface area is 143 Å². The number of nitrogens with two attached hydrogens (primary N) is 1. The molecule has 3 heterocycles. The highest BCUT2D eigenvalue weighted by molar-refractivity contribution is 8.00. The van der Waals surface area contributed by atoms with Crippen LogP contribution in [0.3, 0.4) is 0 Å². The third-order valence-corrected chi connectivity index (χ3v) is 5.75. The maximum Gasteiger partial charge on any atom is 0.334 e. The highest BCUT2D eigenvalue weighted by atomic mass is 32.2. The summed E-state index contributed by atoms with van der Waals surface area (Å²) in [7, 11) is 0. The summed E-state index contributed by atoms with van der Waals surface area (Å²) in [5.74, 6) is -3.37. The number of anilines is 1. The molecule has 2 aliphatic heterocycles. The van der Waals surface area contributed by atoms with Crippen molar-refractivity contribution in [2.45, 2.75) is 23.6 Å². The Hall–Kier alpha value is -2.40. The van der Waals surface area contributed by atoms with Gasteiger partial charge in [0.1, 0.15) is 17.1 Å². The minimum absolute atomic E-state index is 0.0728. The van der Waals surface area contributed by atoms with E-state index in [1.165, 1.54) is 28.2 Å². The number of aromatic nitrogens is 1. The number of nitrogen functional groups attached to an aromatic ring is 1. The van der Waals surface area contributed by atoms with Gasteiger partial charge in [0.25, 0.3) is 17.6 Å². The predicted octanol–water partition coefficient (Wildman–Crippen LogP) is -0.335. The molecule has 1 aromatic rings. The van der Waals surface area contributed by atoms with Crippen LogP contribution in [0.5, 0.6) is 0 Å². The SMILES string of the molecule is CC1S[C@@H]2C(NC(=O)C(=O)c3csc(N)n3)C(=O)N2C=C1C(=O)O. The molecule has 11 heteroatoms. The molecule has 9 nitrogen and oxygen atoms in total. The van der Waals surface area contributed by atoms with Crippen molar-refractivity contribution < 1.29 is 24.3 Å². The second-order valence-corrected chi connectivity index (χ2v) is 7.51. The van der Waals surface area contributed by atoms with Crippen molar-refractivity contribution in [2.75, 3.05) is 5.73 Å². The number of hydrogen-bond donors (Lipinski definition) is 3. The lowest BCUT2D eigenvalue weighted by atomic mass is 10.1. The molecule has 3 atom stereocenters. The number of thioether (sulfide) groups is 1. The minimum atomic E-state index is -1.09. The maximum atomic E-state index is 12.1. The van der Waals surface area contributed by atoms with Crippen molar-refractivity contribution in [2.24, 2.45) is 0 Å². The van der Waals surface area contributed by atoms with Crippen LogP contribution in [0.2, 0.25) is 0 Å². The number of ketones is 1. The number of rotatable bonds is 4. The molecule has 0 spiro atoms. The summed E-state index contributed by atoms with van der Waals surface area (Å²) >= 11 is 2.27. The third-order valence-electron chi connectivity index (χ3n) is 3.63. The van der Waals surface area contributed by atoms with Gasteiger partial charge in [-0.2, -0.15) is 0 Å². The van der Waals surface area contributed by atoms with Gasteiger partial charge in [-0.1, -0.05) is 0 Å². The summed E-state index contributed by atoms with van der Waals surface area (Å²) in [4.78, 5) is 52.1. The summed E-state index contributed by atoms with van der Waals surface area (Å²) in [5.41, 5.74) is 5.46.